The third-order valence-corrected chi connectivity index (χ3v) is 7.13. The van der Waals surface area contributed by atoms with Gasteiger partial charge in [0.05, 0.1) is 25.7 Å². The van der Waals surface area contributed by atoms with Crippen molar-refractivity contribution in [3.8, 4) is 5.75 Å². The van der Waals surface area contributed by atoms with Crippen LogP contribution in [-0.4, -0.2) is 87.8 Å². The Morgan fingerprint density at radius 3 is 2.73 bits per heavy atom. The maximum atomic E-state index is 12.3. The lowest BCUT2D eigenvalue weighted by atomic mass is 9.95. The van der Waals surface area contributed by atoms with Gasteiger partial charge in [-0.2, -0.15) is 9.97 Å². The highest BCUT2D eigenvalue weighted by Crippen LogP contribution is 2.33. The molecule has 3 heterocycles. The van der Waals surface area contributed by atoms with Crippen LogP contribution >= 0.6 is 0 Å². The van der Waals surface area contributed by atoms with E-state index in [4.69, 9.17) is 20.6 Å². The number of benzene rings is 1. The minimum atomic E-state index is -0.863. The van der Waals surface area contributed by atoms with Crippen molar-refractivity contribution >= 4 is 40.2 Å². The fraction of sp³-hybridized carbons (Fsp3) is 0.520. The van der Waals surface area contributed by atoms with Crippen LogP contribution in [0.25, 0.3) is 11.2 Å². The largest absolute Gasteiger partial charge is 0.494 e. The molecule has 1 atom stereocenters. The van der Waals surface area contributed by atoms with E-state index in [1.165, 1.54) is 19.3 Å². The number of hydrogen-bond donors (Lipinski definition) is 5. The van der Waals surface area contributed by atoms with Gasteiger partial charge in [-0.3, -0.25) is 4.79 Å². The Kier molecular flexibility index (Phi) is 7.56. The monoisotopic (exact) mass is 509 g/mol. The Bertz CT molecular complexity index is 1220. The molecule has 6 N–H and O–H groups in total. The number of imidazole rings is 1. The number of H-pyrrole nitrogens is 1. The number of aromatic nitrogens is 4. The Morgan fingerprint density at radius 2 is 2.00 bits per heavy atom. The first-order valence-corrected chi connectivity index (χ1v) is 12.9. The smallest absolute Gasteiger partial charge is 0.241 e. The molecule has 198 valence electrons. The number of carbonyl (C=O) groups excluding carboxylic acids is 1. The molecule has 1 saturated carbocycles. The summed E-state index contributed by atoms with van der Waals surface area (Å²) in [5.74, 6) is 1.63. The Hall–Kier alpha value is -3.64. The maximum Gasteiger partial charge on any atom is 0.241 e. The van der Waals surface area contributed by atoms with Crippen LogP contribution in [0.4, 0.5) is 23.1 Å². The van der Waals surface area contributed by atoms with Crippen molar-refractivity contribution in [2.45, 2.75) is 44.2 Å². The molecule has 1 aromatic carbocycles. The number of fused-ring (bicyclic) bond motifs is 1. The van der Waals surface area contributed by atoms with Crippen LogP contribution in [0.2, 0.25) is 0 Å². The number of nitrogens with two attached hydrogens (primary N) is 1. The van der Waals surface area contributed by atoms with E-state index in [0.29, 0.717) is 49.6 Å². The average Bonchev–Trinajstić information content (AvgIpc) is 3.42. The minimum Gasteiger partial charge on any atom is -0.494 e. The number of anilines is 4. The second-order valence-corrected chi connectivity index (χ2v) is 9.59. The van der Waals surface area contributed by atoms with Crippen molar-refractivity contribution in [1.82, 2.24) is 24.8 Å². The van der Waals surface area contributed by atoms with E-state index in [2.05, 4.69) is 30.5 Å². The second-order valence-electron chi connectivity index (χ2n) is 9.59. The van der Waals surface area contributed by atoms with Gasteiger partial charge in [0.2, 0.25) is 11.9 Å². The maximum absolute atomic E-state index is 12.3. The van der Waals surface area contributed by atoms with Gasteiger partial charge >= 0.3 is 0 Å². The van der Waals surface area contributed by atoms with E-state index in [-0.39, 0.29) is 12.5 Å². The number of rotatable bonds is 8. The fourth-order valence-corrected chi connectivity index (χ4v) is 5.03. The van der Waals surface area contributed by atoms with Crippen LogP contribution in [0.5, 0.6) is 5.75 Å². The molecule has 1 aliphatic carbocycles. The van der Waals surface area contributed by atoms with Crippen LogP contribution in [0.15, 0.2) is 24.5 Å². The summed E-state index contributed by atoms with van der Waals surface area (Å²) in [4.78, 5) is 33.0. The minimum absolute atomic E-state index is 0.217. The topological polar surface area (TPSA) is 158 Å². The molecule has 0 unspecified atom stereocenters. The number of hydrogen-bond acceptors (Lipinski definition) is 10. The molecule has 37 heavy (non-hydrogen) atoms. The van der Waals surface area contributed by atoms with Crippen molar-refractivity contribution in [2.24, 2.45) is 5.73 Å². The van der Waals surface area contributed by atoms with Crippen molar-refractivity contribution < 1.29 is 14.6 Å². The van der Waals surface area contributed by atoms with Gasteiger partial charge in [-0.1, -0.05) is 19.3 Å². The predicted octanol–water partition coefficient (Wildman–Crippen LogP) is 1.82. The Labute approximate surface area is 215 Å². The van der Waals surface area contributed by atoms with Gasteiger partial charge in [0.25, 0.3) is 0 Å². The van der Waals surface area contributed by atoms with E-state index in [1.54, 1.807) is 18.3 Å². The van der Waals surface area contributed by atoms with Crippen molar-refractivity contribution in [3.05, 3.63) is 24.5 Å². The number of nitrogens with one attached hydrogen (secondary N) is 3. The normalized spacial score (nSPS) is 17.6. The molecule has 2 aromatic heterocycles. The molecule has 5 rings (SSSR count). The van der Waals surface area contributed by atoms with Crippen molar-refractivity contribution in [1.29, 1.82) is 0 Å². The first-order valence-electron chi connectivity index (χ1n) is 12.9. The quantitative estimate of drug-likeness (QED) is 0.303. The first kappa shape index (κ1) is 25.0. The highest BCUT2D eigenvalue weighted by atomic mass is 16.5. The van der Waals surface area contributed by atoms with Crippen molar-refractivity contribution in [2.75, 3.05) is 55.4 Å². The van der Waals surface area contributed by atoms with Gasteiger partial charge in [-0.25, -0.2) is 4.98 Å². The van der Waals surface area contributed by atoms with Gasteiger partial charge in [0.1, 0.15) is 17.3 Å². The Morgan fingerprint density at radius 1 is 1.22 bits per heavy atom. The molecule has 0 spiro atoms. The molecule has 12 nitrogen and oxygen atoms in total. The van der Waals surface area contributed by atoms with E-state index in [1.807, 2.05) is 18.2 Å². The highest BCUT2D eigenvalue weighted by Gasteiger charge is 2.25. The summed E-state index contributed by atoms with van der Waals surface area (Å²) in [6.07, 6.45) is 7.64. The standard InChI is InChI=1S/C25H35N9O3/c1-37-20-13-17(33-9-11-34(12-10-33)24(36)18(26)14-35)7-8-19(20)30-25-31-22-21(27-15-28-22)23(32-25)29-16-5-3-2-4-6-16/h7-8,13,15-16,18,35H,2-6,9-12,14,26H2,1H3,(H3,27,28,29,30,31,32)/t18-/m0/s1. The Balaban J connectivity index is 1.30. The number of ether oxygens (including phenoxy) is 1. The van der Waals surface area contributed by atoms with Gasteiger partial charge in [0, 0.05) is 44.0 Å². The zero-order valence-electron chi connectivity index (χ0n) is 21.1. The lowest BCUT2D eigenvalue weighted by Crippen LogP contribution is -2.54. The van der Waals surface area contributed by atoms with Gasteiger partial charge in [-0.05, 0) is 25.0 Å². The van der Waals surface area contributed by atoms with Crippen LogP contribution in [0, 0.1) is 0 Å². The molecular formula is C25H35N9O3. The van der Waals surface area contributed by atoms with Crippen LogP contribution in [-0.2, 0) is 4.79 Å². The molecule has 1 aliphatic heterocycles. The lowest BCUT2D eigenvalue weighted by molar-refractivity contribution is -0.133. The number of methoxy groups -OCH3 is 1. The average molecular weight is 510 g/mol. The summed E-state index contributed by atoms with van der Waals surface area (Å²) in [5.41, 5.74) is 8.83. The number of aromatic amines is 1. The van der Waals surface area contributed by atoms with Gasteiger partial charge in [0.15, 0.2) is 11.5 Å². The van der Waals surface area contributed by atoms with Crippen LogP contribution < -0.4 is 26.0 Å². The molecule has 0 bridgehead atoms. The SMILES string of the molecule is COc1cc(N2CCN(C(=O)[C@@H](N)CO)CC2)ccc1Nc1nc(NC2CCCCC2)c2[nH]cnc2n1. The van der Waals surface area contributed by atoms with Gasteiger partial charge < -0.3 is 41.0 Å². The number of aliphatic hydroxyl groups excluding tert-OH is 1. The number of aliphatic hydroxyl groups is 1. The summed E-state index contributed by atoms with van der Waals surface area (Å²) in [7, 11) is 1.63. The highest BCUT2D eigenvalue weighted by molar-refractivity contribution is 5.84. The van der Waals surface area contributed by atoms with Crippen LogP contribution in [0.1, 0.15) is 32.1 Å². The molecular weight excluding hydrogens is 474 g/mol. The third kappa shape index (κ3) is 5.54. The number of nitrogens with zero attached hydrogens (tertiary/aromatic N) is 5. The summed E-state index contributed by atoms with van der Waals surface area (Å²) < 4.78 is 5.69. The number of carbonyl (C=O) groups is 1. The zero-order chi connectivity index (χ0) is 25.8. The second kappa shape index (κ2) is 11.2. The summed E-state index contributed by atoms with van der Waals surface area (Å²) in [6, 6.07) is 5.45. The molecule has 1 saturated heterocycles. The molecule has 1 amide bonds. The summed E-state index contributed by atoms with van der Waals surface area (Å²) in [6.45, 7) is 2.07. The summed E-state index contributed by atoms with van der Waals surface area (Å²) in [5, 5.41) is 16.1. The van der Waals surface area contributed by atoms with E-state index < -0.39 is 6.04 Å². The van der Waals surface area contributed by atoms with Gasteiger partial charge in [-0.15, -0.1) is 0 Å². The number of piperazine rings is 1. The first-order chi connectivity index (χ1) is 18.1. The summed E-state index contributed by atoms with van der Waals surface area (Å²) >= 11 is 0. The fourth-order valence-electron chi connectivity index (χ4n) is 5.03. The molecule has 12 heteroatoms. The molecule has 2 aliphatic rings. The van der Waals surface area contributed by atoms with Crippen LogP contribution in [0.3, 0.4) is 0 Å². The molecule has 2 fully saturated rings. The lowest BCUT2D eigenvalue weighted by Gasteiger charge is -2.37. The van der Waals surface area contributed by atoms with Crippen molar-refractivity contribution in [3.63, 3.8) is 0 Å². The van der Waals surface area contributed by atoms with E-state index >= 15 is 0 Å². The predicted molar refractivity (Wildman–Crippen MR) is 142 cm³/mol. The van der Waals surface area contributed by atoms with E-state index in [0.717, 1.165) is 35.6 Å². The molecule has 3 aromatic rings. The number of amides is 1. The molecule has 0 radical (unpaired) electrons. The van der Waals surface area contributed by atoms with E-state index in [9.17, 15) is 4.79 Å². The zero-order valence-corrected chi connectivity index (χ0v) is 21.1. The third-order valence-electron chi connectivity index (χ3n) is 7.13.